The van der Waals surface area contributed by atoms with E-state index in [2.05, 4.69) is 26.1 Å². The maximum absolute atomic E-state index is 5.76. The van der Waals surface area contributed by atoms with Crippen LogP contribution >= 0.6 is 0 Å². The van der Waals surface area contributed by atoms with Crippen LogP contribution in [0, 0.1) is 5.41 Å². The van der Waals surface area contributed by atoms with Crippen molar-refractivity contribution < 1.29 is 4.74 Å². The minimum atomic E-state index is 0.338. The van der Waals surface area contributed by atoms with Crippen LogP contribution in [0.1, 0.15) is 33.6 Å². The van der Waals surface area contributed by atoms with E-state index >= 15 is 0 Å². The van der Waals surface area contributed by atoms with Crippen molar-refractivity contribution in [2.45, 2.75) is 33.6 Å². The average molecular weight is 235 g/mol. The van der Waals surface area contributed by atoms with Crippen LogP contribution < -0.4 is 10.1 Å². The first-order chi connectivity index (χ1) is 8.20. The van der Waals surface area contributed by atoms with Gasteiger partial charge in [0.25, 0.3) is 0 Å². The molecule has 0 saturated carbocycles. The van der Waals surface area contributed by atoms with Crippen LogP contribution in [0.4, 0.5) is 0 Å². The minimum absolute atomic E-state index is 0.338. The van der Waals surface area contributed by atoms with Crippen LogP contribution in [0.5, 0.6) is 5.75 Å². The Morgan fingerprint density at radius 3 is 2.47 bits per heavy atom. The topological polar surface area (TPSA) is 21.3 Å². The fraction of sp³-hybridized carbons (Fsp3) is 0.600. The summed E-state index contributed by atoms with van der Waals surface area (Å²) in [4.78, 5) is 0. The normalized spacial score (nSPS) is 14.3. The first-order valence-corrected chi connectivity index (χ1v) is 6.59. The maximum Gasteiger partial charge on any atom is 0.119 e. The number of hydrogen-bond acceptors (Lipinski definition) is 2. The van der Waals surface area contributed by atoms with Crippen molar-refractivity contribution in [1.82, 2.24) is 5.32 Å². The molecule has 0 spiro atoms. The molecule has 1 atom stereocenters. The molecule has 0 radical (unpaired) electrons. The Morgan fingerprint density at radius 2 is 1.88 bits per heavy atom. The lowest BCUT2D eigenvalue weighted by molar-refractivity contribution is 0.201. The van der Waals surface area contributed by atoms with Crippen molar-refractivity contribution in [1.29, 1.82) is 0 Å². The molecule has 96 valence electrons. The van der Waals surface area contributed by atoms with Gasteiger partial charge < -0.3 is 10.1 Å². The smallest absolute Gasteiger partial charge is 0.119 e. The number of ether oxygens (including phenoxy) is 1. The molecule has 0 aliphatic heterocycles. The van der Waals surface area contributed by atoms with Gasteiger partial charge >= 0.3 is 0 Å². The fourth-order valence-electron chi connectivity index (χ4n) is 1.75. The van der Waals surface area contributed by atoms with Crippen LogP contribution in [0.3, 0.4) is 0 Å². The van der Waals surface area contributed by atoms with E-state index < -0.39 is 0 Å². The van der Waals surface area contributed by atoms with Crippen molar-refractivity contribution in [2.75, 3.05) is 19.7 Å². The van der Waals surface area contributed by atoms with Crippen molar-refractivity contribution in [2.24, 2.45) is 5.41 Å². The summed E-state index contributed by atoms with van der Waals surface area (Å²) >= 11 is 0. The summed E-state index contributed by atoms with van der Waals surface area (Å²) in [6.07, 6.45) is 2.27. The van der Waals surface area contributed by atoms with Gasteiger partial charge in [-0.3, -0.25) is 0 Å². The molecule has 1 N–H and O–H groups in total. The lowest BCUT2D eigenvalue weighted by Gasteiger charge is -2.28. The standard InChI is InChI=1S/C15H25NO/c1-4-15(3,13-16-5-2)11-12-17-14-9-7-6-8-10-14/h6-10,16H,4-5,11-13H2,1-3H3. The van der Waals surface area contributed by atoms with Gasteiger partial charge in [-0.2, -0.15) is 0 Å². The Kier molecular flexibility index (Phi) is 6.06. The van der Waals surface area contributed by atoms with Crippen LogP contribution in [0.2, 0.25) is 0 Å². The van der Waals surface area contributed by atoms with Crippen LogP contribution in [0.15, 0.2) is 30.3 Å². The van der Waals surface area contributed by atoms with E-state index in [1.54, 1.807) is 0 Å². The van der Waals surface area contributed by atoms with Gasteiger partial charge in [-0.05, 0) is 36.9 Å². The zero-order valence-electron chi connectivity index (χ0n) is 11.3. The van der Waals surface area contributed by atoms with E-state index in [9.17, 15) is 0 Å². The van der Waals surface area contributed by atoms with Gasteiger partial charge in [-0.25, -0.2) is 0 Å². The molecule has 1 unspecified atom stereocenters. The summed E-state index contributed by atoms with van der Waals surface area (Å²) in [6.45, 7) is 9.62. The molecule has 0 saturated heterocycles. The summed E-state index contributed by atoms with van der Waals surface area (Å²) in [7, 11) is 0. The molecule has 0 amide bonds. The SMILES string of the molecule is CCNCC(C)(CC)CCOc1ccccc1. The van der Waals surface area contributed by atoms with E-state index in [0.717, 1.165) is 31.9 Å². The molecule has 0 fully saturated rings. The van der Waals surface area contributed by atoms with E-state index in [-0.39, 0.29) is 0 Å². The van der Waals surface area contributed by atoms with Crippen LogP contribution in [0.25, 0.3) is 0 Å². The summed E-state index contributed by atoms with van der Waals surface area (Å²) in [5, 5.41) is 3.43. The maximum atomic E-state index is 5.76. The average Bonchev–Trinajstić information content (AvgIpc) is 2.38. The third kappa shape index (κ3) is 5.22. The molecule has 0 aromatic heterocycles. The number of hydrogen-bond donors (Lipinski definition) is 1. The van der Waals surface area contributed by atoms with Crippen molar-refractivity contribution in [3.8, 4) is 5.75 Å². The predicted octanol–water partition coefficient (Wildman–Crippen LogP) is 3.48. The number of nitrogens with one attached hydrogen (secondary N) is 1. The van der Waals surface area contributed by atoms with E-state index in [4.69, 9.17) is 4.74 Å². The van der Waals surface area contributed by atoms with E-state index in [0.29, 0.717) is 5.41 Å². The summed E-state index contributed by atoms with van der Waals surface area (Å²) < 4.78 is 5.76. The molecule has 2 heteroatoms. The number of benzene rings is 1. The van der Waals surface area contributed by atoms with Crippen LogP contribution in [-0.4, -0.2) is 19.7 Å². The largest absolute Gasteiger partial charge is 0.494 e. The lowest BCUT2D eigenvalue weighted by atomic mass is 9.84. The van der Waals surface area contributed by atoms with Crippen LogP contribution in [-0.2, 0) is 0 Å². The quantitative estimate of drug-likeness (QED) is 0.745. The molecule has 17 heavy (non-hydrogen) atoms. The second kappa shape index (κ2) is 7.33. The zero-order valence-corrected chi connectivity index (χ0v) is 11.3. The molecule has 0 heterocycles. The highest BCUT2D eigenvalue weighted by Gasteiger charge is 2.21. The highest BCUT2D eigenvalue weighted by atomic mass is 16.5. The van der Waals surface area contributed by atoms with Gasteiger partial charge in [-0.15, -0.1) is 0 Å². The molecule has 1 rings (SSSR count). The third-order valence-electron chi connectivity index (χ3n) is 3.37. The Labute approximate surface area is 105 Å². The predicted molar refractivity (Wildman–Crippen MR) is 73.5 cm³/mol. The van der Waals surface area contributed by atoms with Gasteiger partial charge in [0, 0.05) is 6.54 Å². The molecular formula is C15H25NO. The minimum Gasteiger partial charge on any atom is -0.494 e. The molecule has 1 aromatic carbocycles. The fourth-order valence-corrected chi connectivity index (χ4v) is 1.75. The molecule has 2 nitrogen and oxygen atoms in total. The second-order valence-corrected chi connectivity index (χ2v) is 4.86. The van der Waals surface area contributed by atoms with E-state index in [1.165, 1.54) is 6.42 Å². The summed E-state index contributed by atoms with van der Waals surface area (Å²) in [5.74, 6) is 0.967. The molecular weight excluding hydrogens is 210 g/mol. The third-order valence-corrected chi connectivity index (χ3v) is 3.37. The number of para-hydroxylation sites is 1. The Balaban J connectivity index is 2.32. The number of rotatable bonds is 8. The van der Waals surface area contributed by atoms with Gasteiger partial charge in [0.2, 0.25) is 0 Å². The first kappa shape index (κ1) is 14.0. The zero-order chi connectivity index (χ0) is 12.6. The molecule has 0 aliphatic carbocycles. The highest BCUT2D eigenvalue weighted by molar-refractivity contribution is 5.20. The van der Waals surface area contributed by atoms with Gasteiger partial charge in [-0.1, -0.05) is 39.0 Å². The Hall–Kier alpha value is -1.02. The van der Waals surface area contributed by atoms with Crippen molar-refractivity contribution in [3.05, 3.63) is 30.3 Å². The molecule has 0 bridgehead atoms. The van der Waals surface area contributed by atoms with Crippen molar-refractivity contribution >= 4 is 0 Å². The Bertz CT molecular complexity index is 299. The summed E-state index contributed by atoms with van der Waals surface area (Å²) in [5.41, 5.74) is 0.338. The van der Waals surface area contributed by atoms with Gasteiger partial charge in [0.1, 0.15) is 5.75 Å². The second-order valence-electron chi connectivity index (χ2n) is 4.86. The van der Waals surface area contributed by atoms with Gasteiger partial charge in [0.15, 0.2) is 0 Å². The van der Waals surface area contributed by atoms with Gasteiger partial charge in [0.05, 0.1) is 6.61 Å². The van der Waals surface area contributed by atoms with E-state index in [1.807, 2.05) is 30.3 Å². The summed E-state index contributed by atoms with van der Waals surface area (Å²) in [6, 6.07) is 10.0. The molecule has 0 aliphatic rings. The lowest BCUT2D eigenvalue weighted by Crippen LogP contribution is -2.32. The van der Waals surface area contributed by atoms with Crippen molar-refractivity contribution in [3.63, 3.8) is 0 Å². The monoisotopic (exact) mass is 235 g/mol. The first-order valence-electron chi connectivity index (χ1n) is 6.59. The molecule has 1 aromatic rings. The highest BCUT2D eigenvalue weighted by Crippen LogP contribution is 2.25. The Morgan fingerprint density at radius 1 is 1.18 bits per heavy atom.